The number of pyridine rings is 1. The molecule has 84 valence electrons. The highest BCUT2D eigenvalue weighted by molar-refractivity contribution is 5.31. The van der Waals surface area contributed by atoms with Gasteiger partial charge in [-0.3, -0.25) is 10.4 Å². The van der Waals surface area contributed by atoms with E-state index in [2.05, 4.69) is 21.5 Å². The van der Waals surface area contributed by atoms with Gasteiger partial charge in [-0.05, 0) is 37.4 Å². The fraction of sp³-hybridized carbons (Fsp3) is 0.500. The van der Waals surface area contributed by atoms with Crippen LogP contribution in [0, 0.1) is 11.3 Å². The predicted octanol–water partition coefficient (Wildman–Crippen LogP) is 1.27. The lowest BCUT2D eigenvalue weighted by Crippen LogP contribution is -2.42. The van der Waals surface area contributed by atoms with Crippen molar-refractivity contribution < 1.29 is 0 Å². The van der Waals surface area contributed by atoms with Crippen LogP contribution in [-0.2, 0) is 0 Å². The first-order valence-electron chi connectivity index (χ1n) is 5.61. The molecule has 1 fully saturated rings. The second-order valence-corrected chi connectivity index (χ2v) is 4.13. The Bertz CT molecular complexity index is 396. The van der Waals surface area contributed by atoms with E-state index < -0.39 is 0 Å². The summed E-state index contributed by atoms with van der Waals surface area (Å²) in [5.41, 5.74) is 5.01. The van der Waals surface area contributed by atoms with Gasteiger partial charge >= 0.3 is 0 Å². The summed E-state index contributed by atoms with van der Waals surface area (Å²) in [4.78, 5) is 4.12. The average Bonchev–Trinajstić information content (AvgIpc) is 2.39. The number of nitrogens with one attached hydrogen (secondary N) is 1. The molecule has 0 spiro atoms. The molecular weight excluding hydrogens is 200 g/mol. The zero-order chi connectivity index (χ0) is 11.4. The molecule has 1 aliphatic heterocycles. The van der Waals surface area contributed by atoms with Gasteiger partial charge in [0.15, 0.2) is 0 Å². The Morgan fingerprint density at radius 3 is 3.19 bits per heavy atom. The van der Waals surface area contributed by atoms with Crippen molar-refractivity contribution in [2.75, 3.05) is 20.1 Å². The topological polar surface area (TPSA) is 52.0 Å². The molecule has 0 saturated carbocycles. The summed E-state index contributed by atoms with van der Waals surface area (Å²) < 4.78 is 0. The molecule has 1 saturated heterocycles. The van der Waals surface area contributed by atoms with Gasteiger partial charge in [0.1, 0.15) is 6.07 Å². The summed E-state index contributed by atoms with van der Waals surface area (Å²) >= 11 is 0. The van der Waals surface area contributed by atoms with Crippen molar-refractivity contribution >= 4 is 0 Å². The monoisotopic (exact) mass is 216 g/mol. The fourth-order valence-electron chi connectivity index (χ4n) is 2.19. The standard InChI is InChI=1S/C12H16N4/c1-14-16-4-2-3-11(9-16)12-5-10(6-13)7-15-8-12/h5,7-8,11,14H,2-4,9H2,1H3/t11-/m1/s1. The number of aromatic nitrogens is 1. The van der Waals surface area contributed by atoms with Crippen molar-refractivity contribution in [3.05, 3.63) is 29.6 Å². The van der Waals surface area contributed by atoms with E-state index in [9.17, 15) is 0 Å². The summed E-state index contributed by atoms with van der Waals surface area (Å²) in [6.45, 7) is 2.09. The minimum Gasteiger partial charge on any atom is -0.263 e. The molecule has 1 atom stereocenters. The van der Waals surface area contributed by atoms with Gasteiger partial charge in [-0.25, -0.2) is 5.01 Å². The second kappa shape index (κ2) is 5.06. The maximum atomic E-state index is 8.85. The summed E-state index contributed by atoms with van der Waals surface area (Å²) in [7, 11) is 1.95. The van der Waals surface area contributed by atoms with E-state index in [-0.39, 0.29) is 0 Å². The third-order valence-electron chi connectivity index (χ3n) is 3.10. The highest BCUT2D eigenvalue weighted by Gasteiger charge is 2.20. The Balaban J connectivity index is 2.14. The van der Waals surface area contributed by atoms with Crippen molar-refractivity contribution in [1.82, 2.24) is 15.4 Å². The van der Waals surface area contributed by atoms with Crippen LogP contribution in [0.4, 0.5) is 0 Å². The van der Waals surface area contributed by atoms with Crippen molar-refractivity contribution in [3.8, 4) is 6.07 Å². The van der Waals surface area contributed by atoms with Crippen LogP contribution in [0.3, 0.4) is 0 Å². The molecule has 1 aromatic heterocycles. The van der Waals surface area contributed by atoms with Gasteiger partial charge in [0.25, 0.3) is 0 Å². The Hall–Kier alpha value is -1.44. The highest BCUT2D eigenvalue weighted by atomic mass is 15.5. The lowest BCUT2D eigenvalue weighted by molar-refractivity contribution is 0.154. The summed E-state index contributed by atoms with van der Waals surface area (Å²) in [5.74, 6) is 0.488. The lowest BCUT2D eigenvalue weighted by Gasteiger charge is -2.32. The van der Waals surface area contributed by atoms with Crippen LogP contribution in [0.15, 0.2) is 18.5 Å². The molecule has 1 aliphatic rings. The molecule has 2 rings (SSSR count). The molecule has 0 amide bonds. The van der Waals surface area contributed by atoms with Crippen LogP contribution in [0.5, 0.6) is 0 Å². The molecule has 1 N–H and O–H groups in total. The smallest absolute Gasteiger partial charge is 0.101 e. The molecule has 16 heavy (non-hydrogen) atoms. The SMILES string of the molecule is CNN1CCC[C@@H](c2cncc(C#N)c2)C1. The highest BCUT2D eigenvalue weighted by Crippen LogP contribution is 2.25. The van der Waals surface area contributed by atoms with Crippen LogP contribution in [-0.4, -0.2) is 30.1 Å². The molecule has 0 radical (unpaired) electrons. The quantitative estimate of drug-likeness (QED) is 0.808. The van der Waals surface area contributed by atoms with Gasteiger partial charge in [0.05, 0.1) is 5.56 Å². The van der Waals surface area contributed by atoms with Gasteiger partial charge in [0, 0.05) is 25.5 Å². The van der Waals surface area contributed by atoms with Crippen LogP contribution in [0.1, 0.15) is 29.9 Å². The fourth-order valence-corrected chi connectivity index (χ4v) is 2.19. The first kappa shape index (κ1) is 11.1. The number of piperidine rings is 1. The number of nitrogens with zero attached hydrogens (tertiary/aromatic N) is 3. The van der Waals surface area contributed by atoms with Crippen LogP contribution in [0.2, 0.25) is 0 Å². The molecule has 0 bridgehead atoms. The van der Waals surface area contributed by atoms with Gasteiger partial charge in [-0.15, -0.1) is 0 Å². The second-order valence-electron chi connectivity index (χ2n) is 4.13. The zero-order valence-corrected chi connectivity index (χ0v) is 9.48. The van der Waals surface area contributed by atoms with Gasteiger partial charge in [0.2, 0.25) is 0 Å². The lowest BCUT2D eigenvalue weighted by atomic mass is 9.92. The van der Waals surface area contributed by atoms with Gasteiger partial charge < -0.3 is 0 Å². The van der Waals surface area contributed by atoms with Crippen molar-refractivity contribution in [2.45, 2.75) is 18.8 Å². The van der Waals surface area contributed by atoms with Crippen molar-refractivity contribution in [3.63, 3.8) is 0 Å². The van der Waals surface area contributed by atoms with Crippen LogP contribution >= 0.6 is 0 Å². The van der Waals surface area contributed by atoms with Crippen LogP contribution < -0.4 is 5.43 Å². The maximum absolute atomic E-state index is 8.85. The predicted molar refractivity (Wildman–Crippen MR) is 61.6 cm³/mol. The molecule has 0 unspecified atom stereocenters. The van der Waals surface area contributed by atoms with Gasteiger partial charge in [-0.2, -0.15) is 5.26 Å². The molecule has 0 aliphatic carbocycles. The molecule has 2 heterocycles. The van der Waals surface area contributed by atoms with E-state index in [1.807, 2.05) is 19.3 Å². The van der Waals surface area contributed by atoms with Crippen molar-refractivity contribution in [2.24, 2.45) is 0 Å². The third kappa shape index (κ3) is 2.38. The van der Waals surface area contributed by atoms with E-state index in [4.69, 9.17) is 5.26 Å². The van der Waals surface area contributed by atoms with E-state index in [1.54, 1.807) is 6.20 Å². The Morgan fingerprint density at radius 2 is 2.44 bits per heavy atom. The third-order valence-corrected chi connectivity index (χ3v) is 3.10. The van der Waals surface area contributed by atoms with Crippen molar-refractivity contribution in [1.29, 1.82) is 5.26 Å². The average molecular weight is 216 g/mol. The van der Waals surface area contributed by atoms with E-state index in [1.165, 1.54) is 18.4 Å². The number of nitriles is 1. The minimum absolute atomic E-state index is 0.488. The molecule has 4 heteroatoms. The van der Waals surface area contributed by atoms with E-state index in [0.29, 0.717) is 11.5 Å². The molecular formula is C12H16N4. The number of hydrogen-bond acceptors (Lipinski definition) is 4. The zero-order valence-electron chi connectivity index (χ0n) is 9.48. The summed E-state index contributed by atoms with van der Waals surface area (Å²) in [6.07, 6.45) is 5.85. The first-order chi connectivity index (χ1) is 7.83. The Labute approximate surface area is 95.9 Å². The van der Waals surface area contributed by atoms with E-state index >= 15 is 0 Å². The van der Waals surface area contributed by atoms with Gasteiger partial charge in [-0.1, -0.05) is 0 Å². The molecule has 0 aromatic carbocycles. The summed E-state index contributed by atoms with van der Waals surface area (Å²) in [5, 5.41) is 11.1. The maximum Gasteiger partial charge on any atom is 0.101 e. The number of rotatable bonds is 2. The Kier molecular flexibility index (Phi) is 3.50. The molecule has 1 aromatic rings. The molecule has 4 nitrogen and oxygen atoms in total. The Morgan fingerprint density at radius 1 is 1.56 bits per heavy atom. The minimum atomic E-state index is 0.488. The first-order valence-corrected chi connectivity index (χ1v) is 5.61. The number of hydrazine groups is 1. The normalized spacial score (nSPS) is 21.6. The van der Waals surface area contributed by atoms with E-state index in [0.717, 1.165) is 13.1 Å². The number of hydrogen-bond donors (Lipinski definition) is 1. The van der Waals surface area contributed by atoms with Crippen LogP contribution in [0.25, 0.3) is 0 Å². The summed E-state index contributed by atoms with van der Waals surface area (Å²) in [6, 6.07) is 4.10. The largest absolute Gasteiger partial charge is 0.263 e.